The fraction of sp³-hybridized carbons (Fsp3) is 0.333. The van der Waals surface area contributed by atoms with Crippen molar-refractivity contribution >= 4 is 0 Å². The Kier molecular flexibility index (Phi) is 9.05. The molecule has 0 aliphatic rings. The molecular weight excluding hydrogens is 120 g/mol. The maximum Gasteiger partial charge on any atom is 0 e. The molecule has 0 N–H and O–H groups in total. The maximum atomic E-state index is 5.09. The van der Waals surface area contributed by atoms with Gasteiger partial charge in [-0.25, -0.2) is 11.6 Å². The van der Waals surface area contributed by atoms with Gasteiger partial charge in [-0.3, -0.25) is 6.58 Å². The van der Waals surface area contributed by atoms with Gasteiger partial charge in [0, 0.05) is 21.7 Å². The summed E-state index contributed by atoms with van der Waals surface area (Å²) in [6.07, 6.45) is 3.54. The van der Waals surface area contributed by atoms with Crippen LogP contribution < -0.4 is 0 Å². The zero-order valence-corrected chi connectivity index (χ0v) is 6.29. The summed E-state index contributed by atoms with van der Waals surface area (Å²) in [4.78, 5) is 0. The third kappa shape index (κ3) is 6.19. The van der Waals surface area contributed by atoms with Crippen LogP contribution in [-0.2, 0) is 21.7 Å². The van der Waals surface area contributed by atoms with Crippen LogP contribution in [0.1, 0.15) is 13.8 Å². The molecule has 0 saturated heterocycles. The minimum Gasteiger partial charge on any atom is -0.293 e. The van der Waals surface area contributed by atoms with Gasteiger partial charge in [0.05, 0.1) is 0 Å². The molecule has 0 saturated carbocycles. The molecule has 0 fully saturated rings. The van der Waals surface area contributed by atoms with Crippen molar-refractivity contribution < 1.29 is 21.7 Å². The van der Waals surface area contributed by atoms with E-state index >= 15 is 0 Å². The first-order valence-electron chi connectivity index (χ1n) is 1.99. The normalized spacial score (nSPS) is 9.71. The van der Waals surface area contributed by atoms with E-state index in [1.165, 1.54) is 0 Å². The van der Waals surface area contributed by atoms with Crippen molar-refractivity contribution in [3.63, 3.8) is 0 Å². The summed E-state index contributed by atoms with van der Waals surface area (Å²) in [5.74, 6) is 0. The van der Waals surface area contributed by atoms with E-state index in [-0.39, 0.29) is 21.7 Å². The van der Waals surface area contributed by atoms with Crippen LogP contribution in [0.25, 0.3) is 0 Å². The third-order valence-corrected chi connectivity index (χ3v) is 0.718. The van der Waals surface area contributed by atoms with Crippen molar-refractivity contribution in [3.05, 3.63) is 24.3 Å². The van der Waals surface area contributed by atoms with Crippen LogP contribution in [0.3, 0.4) is 0 Å². The van der Waals surface area contributed by atoms with Gasteiger partial charge in [0.15, 0.2) is 0 Å². The van der Waals surface area contributed by atoms with E-state index in [1.54, 1.807) is 6.08 Å². The zero-order valence-electron chi connectivity index (χ0n) is 4.73. The van der Waals surface area contributed by atoms with Crippen molar-refractivity contribution in [2.75, 3.05) is 0 Å². The van der Waals surface area contributed by atoms with Crippen LogP contribution in [0.15, 0.2) is 17.7 Å². The van der Waals surface area contributed by atoms with E-state index in [9.17, 15) is 0 Å². The van der Waals surface area contributed by atoms with Gasteiger partial charge in [-0.2, -0.15) is 6.08 Å². The quantitative estimate of drug-likeness (QED) is 0.288. The van der Waals surface area contributed by atoms with E-state index in [4.69, 9.17) is 6.58 Å². The number of rotatable bonds is 1. The molecule has 0 aromatic carbocycles. The molecule has 0 aliphatic heterocycles. The first-order chi connectivity index (χ1) is 2.81. The average molecular weight is 129 g/mol. The van der Waals surface area contributed by atoms with Crippen molar-refractivity contribution in [2.45, 2.75) is 13.8 Å². The van der Waals surface area contributed by atoms with Crippen LogP contribution in [-0.4, -0.2) is 0 Å². The van der Waals surface area contributed by atoms with Gasteiger partial charge in [0.2, 0.25) is 0 Å². The Bertz CT molecular complexity index is 72.2. The number of hydrogen-bond donors (Lipinski definition) is 0. The largest absolute Gasteiger partial charge is 0.293 e. The fourth-order valence-corrected chi connectivity index (χ4v) is 0.0962. The molecule has 0 spiro atoms. The second-order valence-electron chi connectivity index (χ2n) is 1.20. The molecule has 0 aliphatic carbocycles. The summed E-state index contributed by atoms with van der Waals surface area (Å²) in [6, 6.07) is 0. The van der Waals surface area contributed by atoms with Crippen LogP contribution in [0.2, 0.25) is 0 Å². The Morgan fingerprint density at radius 1 is 1.57 bits per heavy atom. The smallest absolute Gasteiger partial charge is 0 e. The molecule has 7 heavy (non-hydrogen) atoms. The van der Waals surface area contributed by atoms with E-state index < -0.39 is 0 Å². The molecule has 1 heteroatoms. The maximum absolute atomic E-state index is 5.09. The molecule has 0 radical (unpaired) electrons. The fourth-order valence-electron chi connectivity index (χ4n) is 0.0962. The molecule has 0 nitrogen and oxygen atoms in total. The Balaban J connectivity index is 0. The molecule has 0 amide bonds. The second-order valence-corrected chi connectivity index (χ2v) is 1.20. The van der Waals surface area contributed by atoms with Crippen molar-refractivity contribution in [1.82, 2.24) is 0 Å². The average Bonchev–Trinajstić information content (AvgIpc) is 1.65. The third-order valence-electron chi connectivity index (χ3n) is 0.718. The van der Waals surface area contributed by atoms with Crippen LogP contribution >= 0.6 is 0 Å². The van der Waals surface area contributed by atoms with E-state index in [1.807, 2.05) is 19.9 Å². The minimum absolute atomic E-state index is 0. The molecular formula is C6H9Ti-. The topological polar surface area (TPSA) is 0 Å². The molecule has 0 atom stereocenters. The van der Waals surface area contributed by atoms with Crippen molar-refractivity contribution in [1.29, 1.82) is 0 Å². The summed E-state index contributed by atoms with van der Waals surface area (Å²) >= 11 is 0. The zero-order chi connectivity index (χ0) is 4.99. The Hall–Kier alpha value is 0.194. The minimum atomic E-state index is 0. The van der Waals surface area contributed by atoms with Crippen molar-refractivity contribution in [3.8, 4) is 0 Å². The molecule has 0 bridgehead atoms. The first kappa shape index (κ1) is 10.2. The van der Waals surface area contributed by atoms with Gasteiger partial charge in [-0.15, -0.1) is 6.92 Å². The predicted molar refractivity (Wildman–Crippen MR) is 28.3 cm³/mol. The molecule has 0 unspecified atom stereocenters. The van der Waals surface area contributed by atoms with Gasteiger partial charge >= 0.3 is 0 Å². The SMILES string of the molecule is [CH-]=CC(C)=CC.[Ti]. The molecule has 0 aromatic rings. The standard InChI is InChI=1S/C6H9.Ti/c1-4-6(3)5-2;/h1,4-5H,2-3H3;/q-1;. The van der Waals surface area contributed by atoms with Crippen molar-refractivity contribution in [2.24, 2.45) is 0 Å². The monoisotopic (exact) mass is 129 g/mol. The van der Waals surface area contributed by atoms with E-state index in [0.29, 0.717) is 0 Å². The molecule has 0 heterocycles. The Morgan fingerprint density at radius 3 is 2.00 bits per heavy atom. The van der Waals surface area contributed by atoms with Crippen LogP contribution in [0.4, 0.5) is 0 Å². The van der Waals surface area contributed by atoms with Crippen LogP contribution in [0.5, 0.6) is 0 Å². The van der Waals surface area contributed by atoms with Crippen LogP contribution in [0, 0.1) is 6.58 Å². The predicted octanol–water partition coefficient (Wildman–Crippen LogP) is 1.94. The Morgan fingerprint density at radius 2 is 2.00 bits per heavy atom. The number of allylic oxidation sites excluding steroid dienone is 3. The van der Waals surface area contributed by atoms with Gasteiger partial charge in [0.1, 0.15) is 0 Å². The first-order valence-corrected chi connectivity index (χ1v) is 1.99. The Labute approximate surface area is 60.2 Å². The molecule has 0 rings (SSSR count). The number of hydrogen-bond acceptors (Lipinski definition) is 0. The van der Waals surface area contributed by atoms with Gasteiger partial charge in [-0.05, 0) is 0 Å². The summed E-state index contributed by atoms with van der Waals surface area (Å²) < 4.78 is 0. The second kappa shape index (κ2) is 6.19. The van der Waals surface area contributed by atoms with Gasteiger partial charge in [0.25, 0.3) is 0 Å². The summed E-state index contributed by atoms with van der Waals surface area (Å²) in [5, 5.41) is 0. The van der Waals surface area contributed by atoms with E-state index in [2.05, 4.69) is 0 Å². The summed E-state index contributed by atoms with van der Waals surface area (Å²) in [6.45, 7) is 9.00. The summed E-state index contributed by atoms with van der Waals surface area (Å²) in [7, 11) is 0. The van der Waals surface area contributed by atoms with Gasteiger partial charge < -0.3 is 0 Å². The van der Waals surface area contributed by atoms with Gasteiger partial charge in [-0.1, -0.05) is 6.92 Å². The molecule has 0 aromatic heterocycles. The molecule has 38 valence electrons. The summed E-state index contributed by atoms with van der Waals surface area (Å²) in [5.41, 5.74) is 1.12. The van der Waals surface area contributed by atoms with E-state index in [0.717, 1.165) is 5.57 Å².